The van der Waals surface area contributed by atoms with Gasteiger partial charge in [0.15, 0.2) is 5.96 Å². The Morgan fingerprint density at radius 1 is 1.50 bits per heavy atom. The highest BCUT2D eigenvalue weighted by Gasteiger charge is 2.14. The highest BCUT2D eigenvalue weighted by molar-refractivity contribution is 7.07. The second-order valence-electron chi connectivity index (χ2n) is 4.01. The molecule has 1 aromatic heterocycles. The smallest absolute Gasteiger partial charge is 0.191 e. The molecule has 6 heteroatoms. The van der Waals surface area contributed by atoms with Crippen LogP contribution >= 0.6 is 11.3 Å². The predicted octanol–water partition coefficient (Wildman–Crippen LogP) is 0.828. The van der Waals surface area contributed by atoms with E-state index in [1.807, 2.05) is 0 Å². The molecule has 18 heavy (non-hydrogen) atoms. The maximum Gasteiger partial charge on any atom is 0.191 e. The molecule has 1 atom stereocenters. The third kappa shape index (κ3) is 4.29. The lowest BCUT2D eigenvalue weighted by molar-refractivity contribution is -0.0850. The number of ether oxygens (including phenoxy) is 2. The predicted molar refractivity (Wildman–Crippen MR) is 73.1 cm³/mol. The van der Waals surface area contributed by atoms with E-state index in [0.29, 0.717) is 26.4 Å². The molecule has 2 heterocycles. The van der Waals surface area contributed by atoms with Crippen molar-refractivity contribution in [3.63, 3.8) is 0 Å². The van der Waals surface area contributed by atoms with Gasteiger partial charge in [0.2, 0.25) is 0 Å². The van der Waals surface area contributed by atoms with Gasteiger partial charge < -0.3 is 20.1 Å². The van der Waals surface area contributed by atoms with E-state index in [1.165, 1.54) is 5.56 Å². The Kier molecular flexibility index (Phi) is 5.44. The van der Waals surface area contributed by atoms with Crippen LogP contribution < -0.4 is 10.6 Å². The first kappa shape index (κ1) is 13.3. The summed E-state index contributed by atoms with van der Waals surface area (Å²) in [6, 6.07) is 2.10. The van der Waals surface area contributed by atoms with Gasteiger partial charge in [-0.2, -0.15) is 11.3 Å². The molecule has 1 unspecified atom stereocenters. The molecule has 0 bridgehead atoms. The Morgan fingerprint density at radius 2 is 2.44 bits per heavy atom. The van der Waals surface area contributed by atoms with Gasteiger partial charge in [-0.3, -0.25) is 4.99 Å². The first-order valence-corrected chi connectivity index (χ1v) is 6.97. The van der Waals surface area contributed by atoms with Crippen molar-refractivity contribution >= 4 is 17.3 Å². The van der Waals surface area contributed by atoms with E-state index in [0.717, 1.165) is 12.5 Å². The Bertz CT molecular complexity index is 361. The highest BCUT2D eigenvalue weighted by Crippen LogP contribution is 2.04. The fourth-order valence-corrected chi connectivity index (χ4v) is 2.33. The Balaban J connectivity index is 1.68. The minimum absolute atomic E-state index is 0.110. The van der Waals surface area contributed by atoms with E-state index >= 15 is 0 Å². The van der Waals surface area contributed by atoms with Crippen LogP contribution in [-0.4, -0.2) is 45.5 Å². The number of nitrogens with zero attached hydrogens (tertiary/aromatic N) is 1. The van der Waals surface area contributed by atoms with E-state index in [-0.39, 0.29) is 6.10 Å². The largest absolute Gasteiger partial charge is 0.376 e. The molecule has 1 aromatic rings. The van der Waals surface area contributed by atoms with E-state index in [9.17, 15) is 0 Å². The van der Waals surface area contributed by atoms with Crippen LogP contribution in [0.3, 0.4) is 0 Å². The van der Waals surface area contributed by atoms with Gasteiger partial charge in [0.05, 0.1) is 25.9 Å². The first-order valence-electron chi connectivity index (χ1n) is 6.03. The summed E-state index contributed by atoms with van der Waals surface area (Å²) >= 11 is 1.70. The summed E-state index contributed by atoms with van der Waals surface area (Å²) in [7, 11) is 1.77. The second kappa shape index (κ2) is 7.35. The standard InChI is InChI=1S/C12H19N3O2S/c1-13-12(14-6-10-2-5-18-9-10)15-7-11-8-16-3-4-17-11/h2,5,9,11H,3-4,6-8H2,1H3,(H2,13,14,15). The van der Waals surface area contributed by atoms with Crippen molar-refractivity contribution in [2.45, 2.75) is 12.6 Å². The average Bonchev–Trinajstić information content (AvgIpc) is 2.93. The molecule has 0 aliphatic carbocycles. The molecule has 0 saturated carbocycles. The maximum absolute atomic E-state index is 5.55. The van der Waals surface area contributed by atoms with Crippen LogP contribution in [0.2, 0.25) is 0 Å². The van der Waals surface area contributed by atoms with Gasteiger partial charge in [0, 0.05) is 20.1 Å². The fraction of sp³-hybridized carbons (Fsp3) is 0.583. The minimum Gasteiger partial charge on any atom is -0.376 e. The summed E-state index contributed by atoms with van der Waals surface area (Å²) in [6.07, 6.45) is 0.110. The summed E-state index contributed by atoms with van der Waals surface area (Å²) in [5.74, 6) is 0.787. The van der Waals surface area contributed by atoms with E-state index in [4.69, 9.17) is 9.47 Å². The number of rotatable bonds is 4. The van der Waals surface area contributed by atoms with Crippen LogP contribution in [0, 0.1) is 0 Å². The molecule has 1 aliphatic heterocycles. The topological polar surface area (TPSA) is 54.9 Å². The Labute approximate surface area is 111 Å². The van der Waals surface area contributed by atoms with Gasteiger partial charge in [-0.05, 0) is 22.4 Å². The molecule has 5 nitrogen and oxygen atoms in total. The molecule has 0 spiro atoms. The van der Waals surface area contributed by atoms with Gasteiger partial charge in [-0.15, -0.1) is 0 Å². The summed E-state index contributed by atoms with van der Waals surface area (Å²) in [5, 5.41) is 10.7. The quantitative estimate of drug-likeness (QED) is 0.628. The summed E-state index contributed by atoms with van der Waals surface area (Å²) in [5.41, 5.74) is 1.26. The van der Waals surface area contributed by atoms with Gasteiger partial charge in [0.25, 0.3) is 0 Å². The molecule has 0 aromatic carbocycles. The van der Waals surface area contributed by atoms with Crippen molar-refractivity contribution in [3.8, 4) is 0 Å². The Hall–Kier alpha value is -1.11. The van der Waals surface area contributed by atoms with Crippen molar-refractivity contribution in [2.75, 3.05) is 33.4 Å². The van der Waals surface area contributed by atoms with Gasteiger partial charge in [0.1, 0.15) is 0 Å². The van der Waals surface area contributed by atoms with Crippen molar-refractivity contribution in [2.24, 2.45) is 4.99 Å². The normalized spacial score (nSPS) is 20.7. The summed E-state index contributed by atoms with van der Waals surface area (Å²) in [4.78, 5) is 4.17. The van der Waals surface area contributed by atoms with Crippen LogP contribution in [0.25, 0.3) is 0 Å². The fourth-order valence-electron chi connectivity index (χ4n) is 1.66. The zero-order valence-corrected chi connectivity index (χ0v) is 11.3. The van der Waals surface area contributed by atoms with Crippen molar-refractivity contribution < 1.29 is 9.47 Å². The zero-order valence-electron chi connectivity index (χ0n) is 10.5. The monoisotopic (exact) mass is 269 g/mol. The van der Waals surface area contributed by atoms with Crippen LogP contribution in [-0.2, 0) is 16.0 Å². The lowest BCUT2D eigenvalue weighted by atomic mass is 10.3. The van der Waals surface area contributed by atoms with Crippen LogP contribution in [0.5, 0.6) is 0 Å². The first-order chi connectivity index (χ1) is 8.88. The van der Waals surface area contributed by atoms with Crippen LogP contribution in [0.1, 0.15) is 5.56 Å². The molecule has 100 valence electrons. The average molecular weight is 269 g/mol. The molecular weight excluding hydrogens is 250 g/mol. The lowest BCUT2D eigenvalue weighted by Gasteiger charge is -2.24. The number of guanidine groups is 1. The van der Waals surface area contributed by atoms with Gasteiger partial charge in [-0.1, -0.05) is 0 Å². The van der Waals surface area contributed by atoms with Crippen LogP contribution in [0.4, 0.5) is 0 Å². The van der Waals surface area contributed by atoms with E-state index in [1.54, 1.807) is 18.4 Å². The number of hydrogen-bond acceptors (Lipinski definition) is 4. The van der Waals surface area contributed by atoms with Crippen molar-refractivity contribution in [1.82, 2.24) is 10.6 Å². The second-order valence-corrected chi connectivity index (χ2v) is 4.79. The van der Waals surface area contributed by atoms with Crippen LogP contribution in [0.15, 0.2) is 21.8 Å². The number of hydrogen-bond donors (Lipinski definition) is 2. The zero-order chi connectivity index (χ0) is 12.6. The molecule has 1 fully saturated rings. The van der Waals surface area contributed by atoms with E-state index < -0.39 is 0 Å². The van der Waals surface area contributed by atoms with Crippen molar-refractivity contribution in [1.29, 1.82) is 0 Å². The van der Waals surface area contributed by atoms with Crippen molar-refractivity contribution in [3.05, 3.63) is 22.4 Å². The van der Waals surface area contributed by atoms with Gasteiger partial charge >= 0.3 is 0 Å². The molecule has 2 rings (SSSR count). The molecule has 2 N–H and O–H groups in total. The molecular formula is C12H19N3O2S. The molecule has 1 saturated heterocycles. The third-order valence-electron chi connectivity index (χ3n) is 2.65. The minimum atomic E-state index is 0.110. The Morgan fingerprint density at radius 3 is 3.11 bits per heavy atom. The number of aliphatic imine (C=N–C) groups is 1. The highest BCUT2D eigenvalue weighted by atomic mass is 32.1. The van der Waals surface area contributed by atoms with Gasteiger partial charge in [-0.25, -0.2) is 0 Å². The molecule has 1 aliphatic rings. The maximum atomic E-state index is 5.55. The number of nitrogens with one attached hydrogen (secondary N) is 2. The number of thiophene rings is 1. The summed E-state index contributed by atoms with van der Waals surface area (Å²) < 4.78 is 10.9. The summed E-state index contributed by atoms with van der Waals surface area (Å²) in [6.45, 7) is 3.51. The lowest BCUT2D eigenvalue weighted by Crippen LogP contribution is -2.44. The third-order valence-corrected chi connectivity index (χ3v) is 3.38. The molecule has 0 radical (unpaired) electrons. The SMILES string of the molecule is CN=C(NCc1ccsc1)NCC1COCCO1. The molecule has 0 amide bonds. The van der Waals surface area contributed by atoms with E-state index in [2.05, 4.69) is 32.5 Å².